The van der Waals surface area contributed by atoms with E-state index in [-0.39, 0.29) is 61.2 Å². The van der Waals surface area contributed by atoms with Crippen LogP contribution in [-0.2, 0) is 14.2 Å². The fraction of sp³-hybridized carbons (Fsp3) is 0.263. The van der Waals surface area contributed by atoms with Crippen LogP contribution in [0.2, 0.25) is 0 Å². The van der Waals surface area contributed by atoms with E-state index in [1.165, 1.54) is 137 Å². The summed E-state index contributed by atoms with van der Waals surface area (Å²) < 4.78 is 49.2. The van der Waals surface area contributed by atoms with Gasteiger partial charge in [-0.3, -0.25) is 9.80 Å². The zero-order chi connectivity index (χ0) is 97.0. The molecule has 2 fully saturated rings. The van der Waals surface area contributed by atoms with E-state index in [0.29, 0.717) is 11.8 Å². The van der Waals surface area contributed by atoms with Gasteiger partial charge in [0.25, 0.3) is 11.3 Å². The molecule has 3 aliphatic heterocycles. The zero-order valence-corrected chi connectivity index (χ0v) is 83.7. The van der Waals surface area contributed by atoms with Gasteiger partial charge in [-0.2, -0.15) is 17.9 Å². The molecule has 13 nitrogen and oxygen atoms in total. The molecule has 25 rings (SSSR count). The summed E-state index contributed by atoms with van der Waals surface area (Å²) in [4.78, 5) is 6.96. The molecule has 0 N–H and O–H groups in total. The van der Waals surface area contributed by atoms with Gasteiger partial charge in [-0.05, 0) is 176 Å². The van der Waals surface area contributed by atoms with Crippen molar-refractivity contribution in [2.45, 2.75) is 229 Å². The lowest BCUT2D eigenvalue weighted by Crippen LogP contribution is -2.41. The molecular formula is C133H145N7O6+2. The number of pyridine rings is 2. The highest BCUT2D eigenvalue weighted by molar-refractivity contribution is 6.12. The summed E-state index contributed by atoms with van der Waals surface area (Å²) in [5, 5.41) is 6.79. The number of fused-ring (bicyclic) bond motifs is 11. The standard InChI is InChI=1S/C31H27NO2.C29H23NO2.C27H27NO2.C21H25N2.C20H23N2.5CH4/c1-19-11-10-12-20(2)27(19)31-32(22(4)29(34-31)23-13-6-5-7-14-23)28-21(3)17-18-25-24-15-8-9-16-26(24)33-30(25)28;1-19-17-18-24-23-15-9-10-16-25(23)31-28(24)26(19)30-20(2)27(21-11-5-3-6-12-21)32-29(30)22-13-7-4-8-14-22;1-17-15-16-21-20-13-9-10-14-22(20)29-25(21)23(17)28-18(2)24(19-11-7-6-8-12-19)30-26(28)27(3,4)5;1-16-10-6-7-13-19(16)23-17(2)21(18-11-4-3-5-12-18)22-15-9-8-14-20(22)23;1-15-9-3-6-12-18(15)22-16(2)20(17-10-4-5-11-17)21-14-8-7-13-19(21)22;;;;;/h5-18,31H,1-4H3;3-18,29H,1-2H3;6-16,26H,1-5H3;6-10,13-15,18H,3-5,11-12H2,1-2H3;3,6-9,12-14,17H,4-5,10-11H2,1-2H3;5*1H4/q;;;2*+1;;;;;. The molecule has 0 amide bonds. The van der Waals surface area contributed by atoms with Gasteiger partial charge in [0.1, 0.15) is 56.8 Å². The maximum absolute atomic E-state index is 6.82. The summed E-state index contributed by atoms with van der Waals surface area (Å²) in [6, 6.07) is 116. The predicted octanol–water partition coefficient (Wildman–Crippen LogP) is 36.3. The van der Waals surface area contributed by atoms with Crippen LogP contribution in [0.4, 0.5) is 17.1 Å². The van der Waals surface area contributed by atoms with Crippen molar-refractivity contribution < 1.29 is 36.3 Å². The molecule has 10 heterocycles. The van der Waals surface area contributed by atoms with Crippen LogP contribution in [0.15, 0.2) is 376 Å². The number of aryl methyl sites for hydroxylation is 7. The van der Waals surface area contributed by atoms with Crippen molar-refractivity contribution in [3.63, 3.8) is 0 Å². The summed E-state index contributed by atoms with van der Waals surface area (Å²) in [6.45, 7) is 32.8. The van der Waals surface area contributed by atoms with Gasteiger partial charge in [0.05, 0.1) is 46.5 Å². The van der Waals surface area contributed by atoms with E-state index in [0.717, 1.165) is 151 Å². The fourth-order valence-electron chi connectivity index (χ4n) is 22.7. The van der Waals surface area contributed by atoms with Gasteiger partial charge in [-0.15, -0.1) is 0 Å². The van der Waals surface area contributed by atoms with Crippen molar-refractivity contribution in [3.8, 4) is 11.4 Å². The Labute approximate surface area is 864 Å². The van der Waals surface area contributed by atoms with E-state index in [4.69, 9.17) is 27.5 Å². The van der Waals surface area contributed by atoms with Crippen LogP contribution in [-0.4, -0.2) is 15.4 Å². The zero-order valence-electron chi connectivity index (χ0n) is 83.7. The second kappa shape index (κ2) is 43.7. The second-order valence-electron chi connectivity index (χ2n) is 39.9. The summed E-state index contributed by atoms with van der Waals surface area (Å²) in [5.74, 6) is 4.14. The minimum absolute atomic E-state index is 0. The van der Waals surface area contributed by atoms with E-state index in [1.54, 1.807) is 0 Å². The van der Waals surface area contributed by atoms with Gasteiger partial charge >= 0.3 is 0 Å². The molecule has 2 saturated carbocycles. The molecule has 7 aromatic heterocycles. The van der Waals surface area contributed by atoms with Crippen molar-refractivity contribution in [2.24, 2.45) is 5.41 Å². The number of aromatic nitrogens is 4. The molecule has 2 aliphatic carbocycles. The first-order chi connectivity index (χ1) is 68.7. The number of nitrogens with zero attached hydrogens (tertiary/aromatic N) is 7. The van der Waals surface area contributed by atoms with Gasteiger partial charge in [0, 0.05) is 103 Å². The Balaban J connectivity index is 0.000000131. The SMILES string of the molecule is C.C.C.C.C.CC1=C(c2ccccc2)OC(C(C)(C)C)N1c1c(C)ccc2c1oc1ccccc12.CC1=C(c2ccccc2)OC(c2c(C)cccc2C)N1c1c(C)ccc2c1oc1ccccc12.CC1=C(c2ccccc2)OC(c2ccccc2)N1c1c(C)ccc2c1oc1ccccc12.Cc1ccccc1-n1c(C)c(C2CCCC2)[n+]2ccccc12.Cc1ccccc1-n1c(C)c(C2CCCCC2)[n+]2ccccc12. The first-order valence-corrected chi connectivity index (χ1v) is 50.3. The fourth-order valence-corrected chi connectivity index (χ4v) is 22.7. The average Bonchev–Trinajstić information content (AvgIpc) is 1.59. The third-order valence-electron chi connectivity index (χ3n) is 29.6. The third-order valence-corrected chi connectivity index (χ3v) is 29.6. The number of hydrogen-bond acceptors (Lipinski definition) is 9. The normalized spacial score (nSPS) is 15.7. The predicted molar refractivity (Wildman–Crippen MR) is 612 cm³/mol. The molecule has 3 unspecified atom stereocenters. The van der Waals surface area contributed by atoms with Gasteiger partial charge in [0.2, 0.25) is 12.5 Å². The molecule has 746 valence electrons. The number of ether oxygens (including phenoxy) is 3. The monoisotopic (exact) mass is 1940 g/mol. The van der Waals surface area contributed by atoms with Crippen molar-refractivity contribution >= 4 is 111 Å². The Morgan fingerprint density at radius 1 is 0.274 bits per heavy atom. The van der Waals surface area contributed by atoms with Crippen LogP contribution in [0.25, 0.3) is 106 Å². The Hall–Kier alpha value is -15.3. The molecule has 13 aromatic carbocycles. The lowest BCUT2D eigenvalue weighted by atomic mass is 9.86. The van der Waals surface area contributed by atoms with Crippen molar-refractivity contribution in [1.29, 1.82) is 0 Å². The van der Waals surface area contributed by atoms with Crippen molar-refractivity contribution in [1.82, 2.24) is 9.13 Å². The number of allylic oxidation sites excluding steroid dienone is 3. The van der Waals surface area contributed by atoms with Crippen LogP contribution in [0.1, 0.15) is 250 Å². The molecule has 0 spiro atoms. The molecule has 20 aromatic rings. The largest absolute Gasteiger partial charge is 0.467 e. The minimum Gasteiger partial charge on any atom is -0.467 e. The number of imidazole rings is 2. The number of benzene rings is 13. The average molecular weight is 1940 g/mol. The molecule has 146 heavy (non-hydrogen) atoms. The lowest BCUT2D eigenvalue weighted by Gasteiger charge is -2.36. The topological polar surface area (TPSA) is 94.9 Å². The Bertz CT molecular complexity index is 8150. The van der Waals surface area contributed by atoms with E-state index < -0.39 is 0 Å². The van der Waals surface area contributed by atoms with Crippen LogP contribution < -0.4 is 23.5 Å². The van der Waals surface area contributed by atoms with Crippen molar-refractivity contribution in [3.05, 3.63) is 453 Å². The number of rotatable bonds is 12. The molecule has 5 aliphatic rings. The van der Waals surface area contributed by atoms with Crippen LogP contribution in [0.3, 0.4) is 0 Å². The maximum atomic E-state index is 6.82. The molecule has 13 heteroatoms. The second-order valence-corrected chi connectivity index (χ2v) is 39.9. The summed E-state index contributed by atoms with van der Waals surface area (Å²) in [6.07, 6.45) is 16.0. The smallest absolute Gasteiger partial charge is 0.291 e. The molecule has 0 saturated heterocycles. The lowest BCUT2D eigenvalue weighted by molar-refractivity contribution is -0.522. The van der Waals surface area contributed by atoms with Crippen molar-refractivity contribution in [2.75, 3.05) is 14.7 Å². The van der Waals surface area contributed by atoms with E-state index in [2.05, 4.69) is 410 Å². The first-order valence-electron chi connectivity index (χ1n) is 50.3. The summed E-state index contributed by atoms with van der Waals surface area (Å²) in [5.41, 5.74) is 36.9. The van der Waals surface area contributed by atoms with Gasteiger partial charge in [-0.25, -0.2) is 0 Å². The van der Waals surface area contributed by atoms with E-state index in [1.807, 2.05) is 72.8 Å². The number of anilines is 3. The molecular weight excluding hydrogens is 1790 g/mol. The van der Waals surface area contributed by atoms with E-state index >= 15 is 0 Å². The highest BCUT2D eigenvalue weighted by Crippen LogP contribution is 2.54. The molecule has 0 radical (unpaired) electrons. The van der Waals surface area contributed by atoms with Crippen LogP contribution >= 0.6 is 0 Å². The van der Waals surface area contributed by atoms with E-state index in [9.17, 15) is 0 Å². The van der Waals surface area contributed by atoms with Gasteiger partial charge in [-0.1, -0.05) is 369 Å². The Morgan fingerprint density at radius 3 is 0.979 bits per heavy atom. The molecule has 3 atom stereocenters. The number of hydrogen-bond donors (Lipinski definition) is 0. The quantitative estimate of drug-likeness (QED) is 0.111. The van der Waals surface area contributed by atoms with Gasteiger partial charge in [0.15, 0.2) is 34.4 Å². The Morgan fingerprint density at radius 2 is 0.589 bits per heavy atom. The minimum atomic E-state index is -0.283. The summed E-state index contributed by atoms with van der Waals surface area (Å²) >= 11 is 0. The summed E-state index contributed by atoms with van der Waals surface area (Å²) in [7, 11) is 0. The highest BCUT2D eigenvalue weighted by Gasteiger charge is 2.45. The van der Waals surface area contributed by atoms with Crippen LogP contribution in [0, 0.1) is 67.7 Å². The number of para-hydroxylation sites is 5. The maximum Gasteiger partial charge on any atom is 0.291 e. The first kappa shape index (κ1) is 104. The molecule has 0 bridgehead atoms. The van der Waals surface area contributed by atoms with Crippen LogP contribution in [0.5, 0.6) is 0 Å². The van der Waals surface area contributed by atoms with Gasteiger partial charge < -0.3 is 32.4 Å². The highest BCUT2D eigenvalue weighted by atomic mass is 16.5. The Kier molecular flexibility index (Phi) is 31.0. The third kappa shape index (κ3) is 19.1. The number of furan rings is 3.